The van der Waals surface area contributed by atoms with Gasteiger partial charge in [-0.3, -0.25) is 4.79 Å². The lowest BCUT2D eigenvalue weighted by Crippen LogP contribution is -2.29. The lowest BCUT2D eigenvalue weighted by atomic mass is 9.84. The van der Waals surface area contributed by atoms with E-state index in [2.05, 4.69) is 34.6 Å². The fourth-order valence-corrected chi connectivity index (χ4v) is 5.14. The van der Waals surface area contributed by atoms with Gasteiger partial charge in [-0.25, -0.2) is 0 Å². The summed E-state index contributed by atoms with van der Waals surface area (Å²) in [6, 6.07) is 20.3. The van der Waals surface area contributed by atoms with Crippen molar-refractivity contribution < 1.29 is 23.1 Å². The van der Waals surface area contributed by atoms with E-state index in [-0.39, 0.29) is 41.5 Å². The Morgan fingerprint density at radius 1 is 0.854 bits per heavy atom. The molecule has 0 saturated heterocycles. The van der Waals surface area contributed by atoms with Crippen LogP contribution in [0, 0.1) is 11.8 Å². The molecule has 41 heavy (non-hydrogen) atoms. The van der Waals surface area contributed by atoms with Crippen LogP contribution in [-0.4, -0.2) is 17.6 Å². The molecule has 0 heterocycles. The second-order valence-corrected chi connectivity index (χ2v) is 12.9. The first kappa shape index (κ1) is 32.2. The molecule has 0 saturated carbocycles. The number of benzene rings is 3. The summed E-state index contributed by atoms with van der Waals surface area (Å²) in [5.74, 6) is -2.35. The van der Waals surface area contributed by atoms with E-state index in [1.165, 1.54) is 6.07 Å². The third-order valence-electron chi connectivity index (χ3n) is 7.43. The van der Waals surface area contributed by atoms with Crippen molar-refractivity contribution in [3.8, 4) is 11.1 Å². The fourth-order valence-electron chi connectivity index (χ4n) is 5.14. The maximum atomic E-state index is 15.1. The average Bonchev–Trinajstić information content (AvgIpc) is 2.88. The minimum absolute atomic E-state index is 0.0319. The second kappa shape index (κ2) is 13.1. The maximum absolute atomic E-state index is 15.1. The zero-order chi connectivity index (χ0) is 30.5. The molecule has 1 atom stereocenters. The number of rotatable bonds is 11. The second-order valence-electron chi connectivity index (χ2n) is 12.9. The summed E-state index contributed by atoms with van der Waals surface area (Å²) >= 11 is 0. The molecule has 0 aliphatic rings. The first-order chi connectivity index (χ1) is 19.1. The Bertz CT molecular complexity index is 1290. The van der Waals surface area contributed by atoms with Crippen molar-refractivity contribution in [1.82, 2.24) is 0 Å². The van der Waals surface area contributed by atoms with Gasteiger partial charge in [0.2, 0.25) is 0 Å². The summed E-state index contributed by atoms with van der Waals surface area (Å²) in [6.45, 7) is 14.8. The van der Waals surface area contributed by atoms with Crippen LogP contribution in [0.4, 0.5) is 18.9 Å². The molecule has 3 rings (SSSR count). The predicted molar refractivity (Wildman–Crippen MR) is 162 cm³/mol. The zero-order valence-corrected chi connectivity index (χ0v) is 25.3. The summed E-state index contributed by atoms with van der Waals surface area (Å²) < 4.78 is 45.2. The quantitative estimate of drug-likeness (QED) is 0.251. The van der Waals surface area contributed by atoms with Crippen LogP contribution in [0.2, 0.25) is 0 Å². The van der Waals surface area contributed by atoms with E-state index in [1.807, 2.05) is 68.4 Å². The van der Waals surface area contributed by atoms with E-state index >= 15 is 13.2 Å². The van der Waals surface area contributed by atoms with Crippen LogP contribution in [-0.2, 0) is 22.9 Å². The summed E-state index contributed by atoms with van der Waals surface area (Å²) in [4.78, 5) is 14.3. The molecule has 0 aromatic heterocycles. The Balaban J connectivity index is 2.30. The monoisotopic (exact) mass is 567 g/mol. The highest BCUT2D eigenvalue weighted by Crippen LogP contribution is 2.46. The molecule has 1 unspecified atom stereocenters. The lowest BCUT2D eigenvalue weighted by molar-refractivity contribution is -0.141. The van der Waals surface area contributed by atoms with Crippen LogP contribution < -0.4 is 4.90 Å². The van der Waals surface area contributed by atoms with E-state index in [9.17, 15) is 9.90 Å². The smallest absolute Gasteiger partial charge is 0.418 e. The normalized spacial score (nSPS) is 13.1. The lowest BCUT2D eigenvalue weighted by Gasteiger charge is -2.32. The van der Waals surface area contributed by atoms with Crippen molar-refractivity contribution in [3.05, 3.63) is 89.0 Å². The topological polar surface area (TPSA) is 40.5 Å². The molecule has 0 aliphatic heterocycles. The third-order valence-corrected chi connectivity index (χ3v) is 7.43. The van der Waals surface area contributed by atoms with Crippen molar-refractivity contribution in [2.45, 2.75) is 85.4 Å². The molecule has 0 radical (unpaired) electrons. The van der Waals surface area contributed by atoms with Gasteiger partial charge in [0.1, 0.15) is 0 Å². The van der Waals surface area contributed by atoms with Gasteiger partial charge in [0, 0.05) is 13.1 Å². The SMILES string of the molecule is CC(C)CCN(Cc1ccc(C(C)(C)C)cc1)c1cc(-c2ccccc2)cc(C(CC(C)C)C(=O)O)c1C(F)(F)F. The van der Waals surface area contributed by atoms with Gasteiger partial charge in [-0.05, 0) is 70.0 Å². The molecule has 3 nitrogen and oxygen atoms in total. The highest BCUT2D eigenvalue weighted by atomic mass is 19.4. The van der Waals surface area contributed by atoms with E-state index in [1.54, 1.807) is 11.0 Å². The number of carboxylic acid groups (broad SMARTS) is 1. The van der Waals surface area contributed by atoms with E-state index in [4.69, 9.17) is 0 Å². The van der Waals surface area contributed by atoms with E-state index < -0.39 is 23.6 Å². The minimum atomic E-state index is -4.74. The van der Waals surface area contributed by atoms with Gasteiger partial charge >= 0.3 is 12.1 Å². The Labute approximate surface area is 243 Å². The first-order valence-electron chi connectivity index (χ1n) is 14.5. The Morgan fingerprint density at radius 2 is 1.46 bits per heavy atom. The van der Waals surface area contributed by atoms with Gasteiger partial charge in [0.15, 0.2) is 0 Å². The van der Waals surface area contributed by atoms with Gasteiger partial charge < -0.3 is 10.0 Å². The van der Waals surface area contributed by atoms with Gasteiger partial charge in [0.25, 0.3) is 0 Å². The number of halogens is 3. The minimum Gasteiger partial charge on any atom is -0.481 e. The number of hydrogen-bond acceptors (Lipinski definition) is 2. The van der Waals surface area contributed by atoms with E-state index in [0.717, 1.165) is 16.7 Å². The third kappa shape index (κ3) is 8.61. The van der Waals surface area contributed by atoms with Crippen molar-refractivity contribution in [2.75, 3.05) is 11.4 Å². The number of hydrogen-bond donors (Lipinski definition) is 1. The fraction of sp³-hybridized carbons (Fsp3) is 0.457. The first-order valence-corrected chi connectivity index (χ1v) is 14.5. The number of nitrogens with zero attached hydrogens (tertiary/aromatic N) is 1. The molecule has 0 bridgehead atoms. The number of aliphatic carboxylic acids is 1. The molecule has 6 heteroatoms. The van der Waals surface area contributed by atoms with Gasteiger partial charge in [-0.2, -0.15) is 13.2 Å². The largest absolute Gasteiger partial charge is 0.481 e. The molecule has 3 aromatic rings. The molecule has 0 amide bonds. The van der Waals surface area contributed by atoms with E-state index in [0.29, 0.717) is 18.5 Å². The van der Waals surface area contributed by atoms with Crippen LogP contribution in [0.3, 0.4) is 0 Å². The molecule has 0 spiro atoms. The standard InChI is InChI=1S/C35H44F3NO2/c1-23(2)17-18-39(22-25-13-15-28(16-14-25)34(5,6)7)31-21-27(26-11-9-8-10-12-26)20-29(32(31)35(36,37)38)30(33(40)41)19-24(3)4/h8-16,20-21,23-24,30H,17-19,22H2,1-7H3,(H,40,41). The van der Waals surface area contributed by atoms with Crippen molar-refractivity contribution in [1.29, 1.82) is 0 Å². The van der Waals surface area contributed by atoms with Crippen molar-refractivity contribution in [2.24, 2.45) is 11.8 Å². The highest BCUT2D eigenvalue weighted by Gasteiger charge is 2.41. The molecule has 0 fully saturated rings. The Hall–Kier alpha value is -3.28. The van der Waals surface area contributed by atoms with Crippen LogP contribution >= 0.6 is 0 Å². The molecule has 3 aromatic carbocycles. The Kier molecular flexibility index (Phi) is 10.3. The molecule has 1 N–H and O–H groups in total. The van der Waals surface area contributed by atoms with Crippen LogP contribution in [0.25, 0.3) is 11.1 Å². The van der Waals surface area contributed by atoms with Crippen molar-refractivity contribution >= 4 is 11.7 Å². The van der Waals surface area contributed by atoms with Crippen LogP contribution in [0.5, 0.6) is 0 Å². The Morgan fingerprint density at radius 3 is 1.95 bits per heavy atom. The predicted octanol–water partition coefficient (Wildman–Crippen LogP) is 9.94. The maximum Gasteiger partial charge on any atom is 0.418 e. The number of alkyl halides is 3. The number of carbonyl (C=O) groups is 1. The van der Waals surface area contributed by atoms with Crippen LogP contribution in [0.15, 0.2) is 66.7 Å². The van der Waals surface area contributed by atoms with Crippen molar-refractivity contribution in [3.63, 3.8) is 0 Å². The van der Waals surface area contributed by atoms with Gasteiger partial charge in [0.05, 0.1) is 17.2 Å². The summed E-state index contributed by atoms with van der Waals surface area (Å²) in [5.41, 5.74) is 2.35. The summed E-state index contributed by atoms with van der Waals surface area (Å²) in [5, 5.41) is 10.2. The molecule has 0 aliphatic carbocycles. The summed E-state index contributed by atoms with van der Waals surface area (Å²) in [7, 11) is 0. The molecular weight excluding hydrogens is 523 g/mol. The molecular formula is C35H44F3NO2. The van der Waals surface area contributed by atoms with Crippen LogP contribution in [0.1, 0.15) is 89.5 Å². The zero-order valence-electron chi connectivity index (χ0n) is 25.3. The summed E-state index contributed by atoms with van der Waals surface area (Å²) in [6.07, 6.45) is -3.94. The molecule has 222 valence electrons. The number of anilines is 1. The highest BCUT2D eigenvalue weighted by molar-refractivity contribution is 5.81. The number of carboxylic acids is 1. The van der Waals surface area contributed by atoms with Gasteiger partial charge in [-0.1, -0.05) is 103 Å². The van der Waals surface area contributed by atoms with Gasteiger partial charge in [-0.15, -0.1) is 0 Å². The average molecular weight is 568 g/mol.